The molecule has 0 aromatic heterocycles. The summed E-state index contributed by atoms with van der Waals surface area (Å²) in [4.78, 5) is 34.8. The largest absolute Gasteiger partial charge is 0.480 e. The van der Waals surface area contributed by atoms with Crippen molar-refractivity contribution in [3.63, 3.8) is 0 Å². The summed E-state index contributed by atoms with van der Waals surface area (Å²) in [6.45, 7) is 3.48. The number of rotatable bonds is 10. The number of carbonyl (C=O) groups is 3. The second kappa shape index (κ2) is 10.4. The van der Waals surface area contributed by atoms with Gasteiger partial charge in [-0.3, -0.25) is 14.4 Å². The minimum Gasteiger partial charge on any atom is -0.480 e. The molecule has 2 aromatic rings. The zero-order valence-electron chi connectivity index (χ0n) is 16.9. The molecule has 2 rings (SSSR count). The van der Waals surface area contributed by atoms with Crippen molar-refractivity contribution < 1.29 is 19.5 Å². The molecule has 0 aliphatic rings. The molecule has 29 heavy (non-hydrogen) atoms. The number of hydrogen-bond acceptors (Lipinski definition) is 3. The van der Waals surface area contributed by atoms with E-state index in [4.69, 9.17) is 5.11 Å². The maximum absolute atomic E-state index is 12.7. The topological polar surface area (TPSA) is 95.5 Å². The number of carboxylic acids is 1. The van der Waals surface area contributed by atoms with Gasteiger partial charge in [0.15, 0.2) is 0 Å². The van der Waals surface area contributed by atoms with Crippen LogP contribution in [0.25, 0.3) is 0 Å². The predicted molar refractivity (Wildman–Crippen MR) is 113 cm³/mol. The first kappa shape index (κ1) is 22.1. The van der Waals surface area contributed by atoms with E-state index in [2.05, 4.69) is 22.8 Å². The number of carbonyl (C=O) groups excluding carboxylic acids is 2. The highest BCUT2D eigenvalue weighted by Crippen LogP contribution is 2.26. The number of nitrogens with one attached hydrogen (secondary N) is 2. The smallest absolute Gasteiger partial charge is 0.322 e. The van der Waals surface area contributed by atoms with Crippen LogP contribution in [-0.2, 0) is 27.2 Å². The van der Waals surface area contributed by atoms with Crippen molar-refractivity contribution in [3.8, 4) is 0 Å². The minimum absolute atomic E-state index is 0.0440. The second-order valence-electron chi connectivity index (χ2n) is 7.72. The van der Waals surface area contributed by atoms with Gasteiger partial charge in [-0.2, -0.15) is 0 Å². The van der Waals surface area contributed by atoms with E-state index >= 15 is 0 Å². The first-order valence-corrected chi connectivity index (χ1v) is 9.69. The summed E-state index contributed by atoms with van der Waals surface area (Å²) in [7, 11) is 0. The third-order valence-corrected chi connectivity index (χ3v) is 4.74. The quantitative estimate of drug-likeness (QED) is 0.573. The molecule has 0 unspecified atom stereocenters. The van der Waals surface area contributed by atoms with Crippen LogP contribution < -0.4 is 10.6 Å². The Kier molecular flexibility index (Phi) is 7.95. The molecule has 0 fully saturated rings. The normalized spacial score (nSPS) is 11.0. The summed E-state index contributed by atoms with van der Waals surface area (Å²) in [6.07, 6.45) is 2.73. The minimum atomic E-state index is -1.08. The highest BCUT2D eigenvalue weighted by molar-refractivity contribution is 5.94. The molecular weight excluding hydrogens is 368 g/mol. The summed E-state index contributed by atoms with van der Waals surface area (Å²) in [5.41, 5.74) is 2.19. The van der Waals surface area contributed by atoms with Crippen LogP contribution in [0.15, 0.2) is 54.6 Å². The number of amides is 2. The lowest BCUT2D eigenvalue weighted by molar-refractivity contribution is -0.137. The van der Waals surface area contributed by atoms with Crippen molar-refractivity contribution in [1.29, 1.82) is 0 Å². The van der Waals surface area contributed by atoms with Gasteiger partial charge in [-0.25, -0.2) is 0 Å². The molecule has 0 saturated carbocycles. The highest BCUT2D eigenvalue weighted by Gasteiger charge is 2.27. The van der Waals surface area contributed by atoms with Crippen LogP contribution in [0.5, 0.6) is 0 Å². The van der Waals surface area contributed by atoms with E-state index in [1.165, 1.54) is 5.56 Å². The number of hydrogen-bond donors (Lipinski definition) is 3. The Morgan fingerprint density at radius 1 is 0.931 bits per heavy atom. The van der Waals surface area contributed by atoms with Crippen molar-refractivity contribution >= 4 is 23.5 Å². The van der Waals surface area contributed by atoms with Crippen LogP contribution in [0.3, 0.4) is 0 Å². The van der Waals surface area contributed by atoms with Gasteiger partial charge in [-0.1, -0.05) is 56.3 Å². The van der Waals surface area contributed by atoms with Crippen LogP contribution in [0, 0.1) is 5.41 Å². The van der Waals surface area contributed by atoms with Crippen molar-refractivity contribution in [3.05, 3.63) is 65.7 Å². The van der Waals surface area contributed by atoms with Gasteiger partial charge in [0, 0.05) is 11.1 Å². The number of aryl methyl sites for hydroxylation is 1. The Labute approximate surface area is 171 Å². The predicted octanol–water partition coefficient (Wildman–Crippen LogP) is 3.42. The van der Waals surface area contributed by atoms with E-state index in [0.717, 1.165) is 24.8 Å². The van der Waals surface area contributed by atoms with Crippen molar-refractivity contribution in [2.75, 3.05) is 11.9 Å². The van der Waals surface area contributed by atoms with Crippen molar-refractivity contribution in [1.82, 2.24) is 5.32 Å². The standard InChI is InChI=1S/C23H28N2O4/c1-23(2,14-6-9-17-7-4-3-5-8-17)22(29)25-19-12-10-18(11-13-19)15-20(26)24-16-21(27)28/h3-5,7-8,10-13H,6,9,14-16H2,1-2H3,(H,24,26)(H,25,29)(H,27,28). The molecule has 0 saturated heterocycles. The van der Waals surface area contributed by atoms with Gasteiger partial charge < -0.3 is 15.7 Å². The third-order valence-electron chi connectivity index (χ3n) is 4.74. The molecule has 2 amide bonds. The summed E-state index contributed by atoms with van der Waals surface area (Å²) in [5.74, 6) is -1.48. The fourth-order valence-electron chi connectivity index (χ4n) is 2.92. The first-order valence-electron chi connectivity index (χ1n) is 9.69. The highest BCUT2D eigenvalue weighted by atomic mass is 16.4. The molecule has 0 aliphatic heterocycles. The van der Waals surface area contributed by atoms with Crippen LogP contribution >= 0.6 is 0 Å². The Balaban J connectivity index is 1.82. The van der Waals surface area contributed by atoms with Gasteiger partial charge in [0.2, 0.25) is 11.8 Å². The summed E-state index contributed by atoms with van der Waals surface area (Å²) in [6, 6.07) is 17.2. The van der Waals surface area contributed by atoms with Gasteiger partial charge in [-0.05, 0) is 42.5 Å². The van der Waals surface area contributed by atoms with Gasteiger partial charge in [0.25, 0.3) is 0 Å². The zero-order chi connectivity index (χ0) is 21.3. The number of aliphatic carboxylic acids is 1. The first-order chi connectivity index (χ1) is 13.8. The van der Waals surface area contributed by atoms with Gasteiger partial charge in [0.05, 0.1) is 6.42 Å². The third kappa shape index (κ3) is 7.78. The SMILES string of the molecule is CC(C)(CCCc1ccccc1)C(=O)Nc1ccc(CC(=O)NCC(=O)O)cc1. The van der Waals surface area contributed by atoms with E-state index in [0.29, 0.717) is 5.69 Å². The Bertz CT molecular complexity index is 830. The molecule has 3 N–H and O–H groups in total. The molecule has 0 radical (unpaired) electrons. The molecule has 154 valence electrons. The van der Waals surface area contributed by atoms with Gasteiger partial charge >= 0.3 is 5.97 Å². The van der Waals surface area contributed by atoms with Gasteiger partial charge in [0.1, 0.15) is 6.54 Å². The lowest BCUT2D eigenvalue weighted by atomic mass is 9.85. The maximum Gasteiger partial charge on any atom is 0.322 e. The summed E-state index contributed by atoms with van der Waals surface area (Å²) in [5, 5.41) is 13.8. The molecule has 6 heteroatoms. The van der Waals surface area contributed by atoms with Crippen LogP contribution in [0.2, 0.25) is 0 Å². The van der Waals surface area contributed by atoms with E-state index in [1.807, 2.05) is 32.0 Å². The number of carboxylic acid groups (broad SMARTS) is 1. The molecule has 0 aliphatic carbocycles. The van der Waals surface area contributed by atoms with Crippen molar-refractivity contribution in [2.45, 2.75) is 39.5 Å². The Morgan fingerprint density at radius 2 is 1.59 bits per heavy atom. The zero-order valence-corrected chi connectivity index (χ0v) is 16.9. The van der Waals surface area contributed by atoms with E-state index < -0.39 is 17.9 Å². The fraction of sp³-hybridized carbons (Fsp3) is 0.348. The molecular formula is C23H28N2O4. The van der Waals surface area contributed by atoms with E-state index in [9.17, 15) is 14.4 Å². The summed E-state index contributed by atoms with van der Waals surface area (Å²) >= 11 is 0. The molecule has 0 spiro atoms. The molecule has 0 heterocycles. The average Bonchev–Trinajstić information content (AvgIpc) is 2.68. The van der Waals surface area contributed by atoms with Crippen LogP contribution in [0.1, 0.15) is 37.8 Å². The molecule has 0 bridgehead atoms. The van der Waals surface area contributed by atoms with E-state index in [1.54, 1.807) is 24.3 Å². The summed E-state index contributed by atoms with van der Waals surface area (Å²) < 4.78 is 0. The Hall–Kier alpha value is -3.15. The lowest BCUT2D eigenvalue weighted by Gasteiger charge is -2.23. The van der Waals surface area contributed by atoms with Crippen LogP contribution in [0.4, 0.5) is 5.69 Å². The molecule has 6 nitrogen and oxygen atoms in total. The van der Waals surface area contributed by atoms with E-state index in [-0.39, 0.29) is 18.2 Å². The number of benzene rings is 2. The lowest BCUT2D eigenvalue weighted by Crippen LogP contribution is -2.31. The second-order valence-corrected chi connectivity index (χ2v) is 7.72. The average molecular weight is 396 g/mol. The monoisotopic (exact) mass is 396 g/mol. The maximum atomic E-state index is 12.7. The van der Waals surface area contributed by atoms with Gasteiger partial charge in [-0.15, -0.1) is 0 Å². The molecule has 0 atom stereocenters. The Morgan fingerprint density at radius 3 is 2.21 bits per heavy atom. The fourth-order valence-corrected chi connectivity index (χ4v) is 2.92. The molecule has 2 aromatic carbocycles. The van der Waals surface area contributed by atoms with Crippen LogP contribution in [-0.4, -0.2) is 29.4 Å². The van der Waals surface area contributed by atoms with Crippen molar-refractivity contribution in [2.24, 2.45) is 5.41 Å². The number of anilines is 1.